The Balaban J connectivity index is 1.99. The first-order valence-corrected chi connectivity index (χ1v) is 5.66. The second kappa shape index (κ2) is 2.85. The summed E-state index contributed by atoms with van der Waals surface area (Å²) >= 11 is 0. The minimum Gasteiger partial charge on any atom is -0.462 e. The molecule has 0 unspecified atom stereocenters. The van der Waals surface area contributed by atoms with Gasteiger partial charge in [-0.3, -0.25) is 4.79 Å². The lowest BCUT2D eigenvalue weighted by atomic mass is 9.65. The van der Waals surface area contributed by atoms with E-state index in [2.05, 4.69) is 19.1 Å². The Morgan fingerprint density at radius 1 is 1.36 bits per heavy atom. The van der Waals surface area contributed by atoms with Crippen molar-refractivity contribution in [2.75, 3.05) is 0 Å². The summed E-state index contributed by atoms with van der Waals surface area (Å²) in [5.74, 6) is 1.71. The molecule has 2 fully saturated rings. The smallest absolute Gasteiger partial charge is 0.310 e. The molecule has 14 heavy (non-hydrogen) atoms. The summed E-state index contributed by atoms with van der Waals surface area (Å²) in [5, 5.41) is 0. The van der Waals surface area contributed by atoms with Gasteiger partial charge in [0.25, 0.3) is 0 Å². The molecule has 5 atom stereocenters. The summed E-state index contributed by atoms with van der Waals surface area (Å²) in [4.78, 5) is 11.7. The molecule has 76 valence electrons. The molecule has 1 saturated heterocycles. The molecule has 0 radical (unpaired) electrons. The zero-order valence-corrected chi connectivity index (χ0v) is 8.48. The van der Waals surface area contributed by atoms with Crippen LogP contribution in [-0.4, -0.2) is 12.1 Å². The van der Waals surface area contributed by atoms with Gasteiger partial charge in [0.1, 0.15) is 6.10 Å². The van der Waals surface area contributed by atoms with Crippen molar-refractivity contribution >= 4 is 5.97 Å². The van der Waals surface area contributed by atoms with Crippen LogP contribution in [0.4, 0.5) is 0 Å². The number of rotatable bonds is 0. The highest BCUT2D eigenvalue weighted by Crippen LogP contribution is 2.48. The molecule has 0 aromatic heterocycles. The standard InChI is InChI=1S/C12H16O2/c1-7-5-6-8-3-2-4-9-11(8)10(7)12(13)14-9/h5-11H,2-4H2,1H3/t7-,8+,9-,10+,11+/m0/s1. The fourth-order valence-electron chi connectivity index (χ4n) is 3.46. The fourth-order valence-corrected chi connectivity index (χ4v) is 3.46. The number of ether oxygens (including phenoxy) is 1. The highest BCUT2D eigenvalue weighted by atomic mass is 16.6. The van der Waals surface area contributed by atoms with Crippen molar-refractivity contribution in [3.05, 3.63) is 12.2 Å². The quantitative estimate of drug-likeness (QED) is 0.434. The normalized spacial score (nSPS) is 50.1. The maximum Gasteiger partial charge on any atom is 0.310 e. The van der Waals surface area contributed by atoms with E-state index in [0.717, 1.165) is 6.42 Å². The van der Waals surface area contributed by atoms with E-state index in [-0.39, 0.29) is 18.0 Å². The average Bonchev–Trinajstić information content (AvgIpc) is 2.51. The molecule has 0 aromatic rings. The van der Waals surface area contributed by atoms with Crippen LogP contribution in [0.1, 0.15) is 26.2 Å². The first-order valence-electron chi connectivity index (χ1n) is 5.66. The molecule has 3 rings (SSSR count). The van der Waals surface area contributed by atoms with Gasteiger partial charge in [-0.25, -0.2) is 0 Å². The first kappa shape index (κ1) is 8.51. The molecule has 3 aliphatic rings. The number of allylic oxidation sites excluding steroid dienone is 2. The highest BCUT2D eigenvalue weighted by Gasteiger charge is 2.52. The number of esters is 1. The lowest BCUT2D eigenvalue weighted by molar-refractivity contribution is -0.145. The van der Waals surface area contributed by atoms with Gasteiger partial charge in [-0.05, 0) is 31.1 Å². The van der Waals surface area contributed by atoms with Crippen LogP contribution in [0, 0.1) is 23.7 Å². The van der Waals surface area contributed by atoms with Crippen molar-refractivity contribution in [2.24, 2.45) is 23.7 Å². The topological polar surface area (TPSA) is 26.3 Å². The molecule has 2 nitrogen and oxygen atoms in total. The zero-order chi connectivity index (χ0) is 9.71. The Morgan fingerprint density at radius 3 is 3.07 bits per heavy atom. The lowest BCUT2D eigenvalue weighted by Gasteiger charge is -2.36. The van der Waals surface area contributed by atoms with Crippen LogP contribution < -0.4 is 0 Å². The summed E-state index contributed by atoms with van der Waals surface area (Å²) in [6, 6.07) is 0. The number of carbonyl (C=O) groups is 1. The summed E-state index contributed by atoms with van der Waals surface area (Å²) < 4.78 is 5.47. The van der Waals surface area contributed by atoms with Crippen molar-refractivity contribution < 1.29 is 9.53 Å². The maximum absolute atomic E-state index is 11.7. The SMILES string of the molecule is C[C@H]1C=C[C@H]2CCC[C@@H]3OC(=O)[C@H]1[C@@H]32. The second-order valence-corrected chi connectivity index (χ2v) is 4.92. The monoisotopic (exact) mass is 192 g/mol. The number of hydrogen-bond donors (Lipinski definition) is 0. The molecular weight excluding hydrogens is 176 g/mol. The van der Waals surface area contributed by atoms with Crippen molar-refractivity contribution in [1.29, 1.82) is 0 Å². The van der Waals surface area contributed by atoms with E-state index in [4.69, 9.17) is 4.74 Å². The van der Waals surface area contributed by atoms with Crippen molar-refractivity contribution in [3.63, 3.8) is 0 Å². The lowest BCUT2D eigenvalue weighted by Crippen LogP contribution is -2.36. The van der Waals surface area contributed by atoms with Crippen molar-refractivity contribution in [1.82, 2.24) is 0 Å². The van der Waals surface area contributed by atoms with Gasteiger partial charge in [-0.15, -0.1) is 0 Å². The summed E-state index contributed by atoms with van der Waals surface area (Å²) in [7, 11) is 0. The molecule has 0 bridgehead atoms. The van der Waals surface area contributed by atoms with Gasteiger partial charge in [0.2, 0.25) is 0 Å². The van der Waals surface area contributed by atoms with E-state index in [1.54, 1.807) is 0 Å². The van der Waals surface area contributed by atoms with E-state index in [9.17, 15) is 4.79 Å². The van der Waals surface area contributed by atoms with Crippen LogP contribution >= 0.6 is 0 Å². The molecule has 0 spiro atoms. The van der Waals surface area contributed by atoms with Crippen molar-refractivity contribution in [2.45, 2.75) is 32.3 Å². The Hall–Kier alpha value is -0.790. The number of hydrogen-bond acceptors (Lipinski definition) is 2. The van der Waals surface area contributed by atoms with E-state index >= 15 is 0 Å². The Labute approximate surface area is 84.3 Å². The summed E-state index contributed by atoms with van der Waals surface area (Å²) in [6.45, 7) is 2.13. The summed E-state index contributed by atoms with van der Waals surface area (Å²) in [6.07, 6.45) is 8.31. The molecular formula is C12H16O2. The van der Waals surface area contributed by atoms with Gasteiger partial charge in [-0.2, -0.15) is 0 Å². The minimum atomic E-state index is 0.0590. The zero-order valence-electron chi connectivity index (χ0n) is 8.48. The predicted octanol–water partition coefficient (Wildman–Crippen LogP) is 2.15. The molecule has 2 aliphatic carbocycles. The third-order valence-electron chi connectivity index (χ3n) is 4.13. The Morgan fingerprint density at radius 2 is 2.21 bits per heavy atom. The maximum atomic E-state index is 11.7. The molecule has 0 amide bonds. The van der Waals surface area contributed by atoms with Gasteiger partial charge >= 0.3 is 5.97 Å². The first-order chi connectivity index (χ1) is 6.77. The van der Waals surface area contributed by atoms with E-state index in [1.807, 2.05) is 0 Å². The third kappa shape index (κ3) is 0.999. The average molecular weight is 192 g/mol. The predicted molar refractivity (Wildman–Crippen MR) is 52.5 cm³/mol. The van der Waals surface area contributed by atoms with E-state index in [1.165, 1.54) is 12.8 Å². The molecule has 1 saturated carbocycles. The van der Waals surface area contributed by atoms with Crippen LogP contribution in [0.15, 0.2) is 12.2 Å². The molecule has 1 aliphatic heterocycles. The van der Waals surface area contributed by atoms with Gasteiger partial charge in [-0.1, -0.05) is 19.1 Å². The number of carbonyl (C=O) groups excluding carboxylic acids is 1. The van der Waals surface area contributed by atoms with Gasteiger partial charge < -0.3 is 4.74 Å². The molecule has 0 N–H and O–H groups in total. The molecule has 2 heteroatoms. The van der Waals surface area contributed by atoms with Gasteiger partial charge in [0.15, 0.2) is 0 Å². The minimum absolute atomic E-state index is 0.0590. The Kier molecular flexibility index (Phi) is 1.73. The highest BCUT2D eigenvalue weighted by molar-refractivity contribution is 5.76. The van der Waals surface area contributed by atoms with Crippen molar-refractivity contribution in [3.8, 4) is 0 Å². The molecule has 0 aromatic carbocycles. The Bertz CT molecular complexity index is 295. The van der Waals surface area contributed by atoms with Crippen LogP contribution in [0.2, 0.25) is 0 Å². The van der Waals surface area contributed by atoms with Gasteiger partial charge in [0.05, 0.1) is 5.92 Å². The second-order valence-electron chi connectivity index (χ2n) is 4.92. The molecule has 1 heterocycles. The van der Waals surface area contributed by atoms with Gasteiger partial charge in [0, 0.05) is 5.92 Å². The fraction of sp³-hybridized carbons (Fsp3) is 0.750. The third-order valence-corrected chi connectivity index (χ3v) is 4.13. The van der Waals surface area contributed by atoms with E-state index < -0.39 is 0 Å². The van der Waals surface area contributed by atoms with Crippen LogP contribution in [0.3, 0.4) is 0 Å². The summed E-state index contributed by atoms with van der Waals surface area (Å²) in [5.41, 5.74) is 0. The van der Waals surface area contributed by atoms with E-state index in [0.29, 0.717) is 17.8 Å². The largest absolute Gasteiger partial charge is 0.462 e. The van der Waals surface area contributed by atoms with Crippen LogP contribution in [0.25, 0.3) is 0 Å². The van der Waals surface area contributed by atoms with Crippen LogP contribution in [-0.2, 0) is 9.53 Å². The van der Waals surface area contributed by atoms with Crippen LogP contribution in [0.5, 0.6) is 0 Å².